The number of nitrogens with one attached hydrogen (secondary N) is 1. The molecule has 1 unspecified atom stereocenters. The fourth-order valence-electron chi connectivity index (χ4n) is 3.96. The normalized spacial score (nSPS) is 20.0. The minimum atomic E-state index is 0.0288. The molecule has 0 aliphatic carbocycles. The van der Waals surface area contributed by atoms with Crippen LogP contribution in [0.4, 0.5) is 5.95 Å². The van der Waals surface area contributed by atoms with Gasteiger partial charge in [-0.3, -0.25) is 9.69 Å². The van der Waals surface area contributed by atoms with E-state index in [1.807, 2.05) is 24.8 Å². The van der Waals surface area contributed by atoms with Gasteiger partial charge >= 0.3 is 0 Å². The van der Waals surface area contributed by atoms with Gasteiger partial charge in [-0.1, -0.05) is 6.42 Å². The van der Waals surface area contributed by atoms with Crippen molar-refractivity contribution in [1.82, 2.24) is 24.6 Å². The van der Waals surface area contributed by atoms with E-state index in [1.54, 1.807) is 16.9 Å². The summed E-state index contributed by atoms with van der Waals surface area (Å²) in [5.74, 6) is 2.70. The number of piperidine rings is 1. The smallest absolute Gasteiger partial charge is 0.267 e. The van der Waals surface area contributed by atoms with Crippen molar-refractivity contribution in [2.45, 2.75) is 50.9 Å². The molecule has 2 aromatic rings. The van der Waals surface area contributed by atoms with Gasteiger partial charge in [0, 0.05) is 49.3 Å². The predicted molar refractivity (Wildman–Crippen MR) is 113 cm³/mol. The fraction of sp³-hybridized carbons (Fsp3) is 0.600. The van der Waals surface area contributed by atoms with Gasteiger partial charge in [0.2, 0.25) is 5.95 Å². The standard InChI is InChI=1S/C20H28N6OS/c1-15-5-7-21-20(23-15)22-13-17-4-2-3-8-25(17)9-10-26-19(27)12-16-14-28-11-6-18(16)24-26/h5,7,12,17H,2-4,6,8-11,13-14H2,1H3,(H,21,22,23). The lowest BCUT2D eigenvalue weighted by Crippen LogP contribution is -2.46. The van der Waals surface area contributed by atoms with Gasteiger partial charge in [-0.2, -0.15) is 16.9 Å². The van der Waals surface area contributed by atoms with Crippen molar-refractivity contribution in [3.63, 3.8) is 0 Å². The Morgan fingerprint density at radius 2 is 2.25 bits per heavy atom. The third kappa shape index (κ3) is 4.72. The van der Waals surface area contributed by atoms with Crippen LogP contribution in [0.15, 0.2) is 23.1 Å². The highest BCUT2D eigenvalue weighted by Crippen LogP contribution is 2.21. The van der Waals surface area contributed by atoms with Crippen LogP contribution in [0, 0.1) is 6.92 Å². The number of aryl methyl sites for hydroxylation is 2. The SMILES string of the molecule is Cc1ccnc(NCC2CCCCN2CCn2nc3c(cc2=O)CSCC3)n1. The van der Waals surface area contributed by atoms with Crippen LogP contribution in [-0.2, 0) is 18.7 Å². The minimum Gasteiger partial charge on any atom is -0.353 e. The van der Waals surface area contributed by atoms with Gasteiger partial charge in [-0.05, 0) is 43.7 Å². The fourth-order valence-corrected chi connectivity index (χ4v) is 4.92. The number of fused-ring (bicyclic) bond motifs is 1. The molecule has 0 saturated carbocycles. The van der Waals surface area contributed by atoms with Crippen LogP contribution >= 0.6 is 11.8 Å². The number of rotatable bonds is 6. The lowest BCUT2D eigenvalue weighted by Gasteiger charge is -2.35. The van der Waals surface area contributed by atoms with Gasteiger partial charge in [-0.25, -0.2) is 14.6 Å². The van der Waals surface area contributed by atoms with Crippen LogP contribution < -0.4 is 10.9 Å². The van der Waals surface area contributed by atoms with Crippen LogP contribution in [0.3, 0.4) is 0 Å². The highest BCUT2D eigenvalue weighted by atomic mass is 32.2. The molecule has 1 atom stereocenters. The van der Waals surface area contributed by atoms with Crippen LogP contribution in [0.5, 0.6) is 0 Å². The van der Waals surface area contributed by atoms with E-state index in [0.717, 1.165) is 60.9 Å². The Bertz CT molecular complexity index is 870. The Morgan fingerprint density at radius 3 is 3.14 bits per heavy atom. The summed E-state index contributed by atoms with van der Waals surface area (Å²) < 4.78 is 1.66. The van der Waals surface area contributed by atoms with Crippen LogP contribution in [0.25, 0.3) is 0 Å². The molecular formula is C20H28N6OS. The van der Waals surface area contributed by atoms with Gasteiger partial charge in [0.15, 0.2) is 0 Å². The number of likely N-dealkylation sites (tertiary alicyclic amines) is 1. The van der Waals surface area contributed by atoms with E-state index in [4.69, 9.17) is 0 Å². The predicted octanol–water partition coefficient (Wildman–Crippen LogP) is 2.10. The molecule has 0 radical (unpaired) electrons. The molecule has 7 nitrogen and oxygen atoms in total. The van der Waals surface area contributed by atoms with Crippen LogP contribution in [-0.4, -0.2) is 56.1 Å². The average Bonchev–Trinajstić information content (AvgIpc) is 2.71. The van der Waals surface area contributed by atoms with Crippen molar-refractivity contribution in [3.8, 4) is 0 Å². The number of hydrogen-bond acceptors (Lipinski definition) is 7. The van der Waals surface area contributed by atoms with Crippen molar-refractivity contribution in [2.24, 2.45) is 0 Å². The molecule has 0 spiro atoms. The molecule has 150 valence electrons. The molecule has 2 aliphatic heterocycles. The first-order chi connectivity index (χ1) is 13.7. The average molecular weight is 401 g/mol. The summed E-state index contributed by atoms with van der Waals surface area (Å²) in [5, 5.41) is 8.04. The third-order valence-corrected chi connectivity index (χ3v) is 6.55. The second-order valence-corrected chi connectivity index (χ2v) is 8.67. The van der Waals surface area contributed by atoms with Crippen LogP contribution in [0.1, 0.15) is 36.2 Å². The summed E-state index contributed by atoms with van der Waals surface area (Å²) in [6.07, 6.45) is 6.36. The molecule has 1 saturated heterocycles. The lowest BCUT2D eigenvalue weighted by atomic mass is 10.0. The molecule has 0 aromatic carbocycles. The summed E-state index contributed by atoms with van der Waals surface area (Å²) in [7, 11) is 0. The van der Waals surface area contributed by atoms with Crippen LogP contribution in [0.2, 0.25) is 0 Å². The van der Waals surface area contributed by atoms with Crippen molar-refractivity contribution in [2.75, 3.05) is 30.7 Å². The van der Waals surface area contributed by atoms with Gasteiger partial charge in [0.25, 0.3) is 5.56 Å². The second-order valence-electron chi connectivity index (χ2n) is 7.57. The molecule has 1 N–H and O–H groups in total. The highest BCUT2D eigenvalue weighted by molar-refractivity contribution is 7.98. The monoisotopic (exact) mass is 400 g/mol. The molecule has 8 heteroatoms. The number of thioether (sulfide) groups is 1. The van der Waals surface area contributed by atoms with E-state index in [0.29, 0.717) is 18.5 Å². The Hall–Kier alpha value is -1.93. The lowest BCUT2D eigenvalue weighted by molar-refractivity contribution is 0.147. The zero-order chi connectivity index (χ0) is 19.3. The maximum Gasteiger partial charge on any atom is 0.267 e. The summed E-state index contributed by atoms with van der Waals surface area (Å²) in [6.45, 7) is 5.37. The highest BCUT2D eigenvalue weighted by Gasteiger charge is 2.23. The number of anilines is 1. The summed E-state index contributed by atoms with van der Waals surface area (Å²) >= 11 is 1.88. The first kappa shape index (κ1) is 19.4. The zero-order valence-electron chi connectivity index (χ0n) is 16.4. The van der Waals surface area contributed by atoms with Gasteiger partial charge in [-0.15, -0.1) is 0 Å². The molecule has 2 aliphatic rings. The molecule has 0 amide bonds. The molecule has 28 heavy (non-hydrogen) atoms. The Labute approximate surface area is 170 Å². The molecule has 4 rings (SSSR count). The van der Waals surface area contributed by atoms with Gasteiger partial charge < -0.3 is 5.32 Å². The van der Waals surface area contributed by atoms with Crippen molar-refractivity contribution >= 4 is 17.7 Å². The molecule has 2 aromatic heterocycles. The molecular weight excluding hydrogens is 372 g/mol. The van der Waals surface area contributed by atoms with Crippen molar-refractivity contribution in [3.05, 3.63) is 45.6 Å². The summed E-state index contributed by atoms with van der Waals surface area (Å²) in [6, 6.07) is 4.13. The Morgan fingerprint density at radius 1 is 1.32 bits per heavy atom. The Balaban J connectivity index is 1.38. The molecule has 0 bridgehead atoms. The van der Waals surface area contributed by atoms with E-state index in [1.165, 1.54) is 12.8 Å². The summed E-state index contributed by atoms with van der Waals surface area (Å²) in [4.78, 5) is 23.6. The maximum atomic E-state index is 12.4. The quantitative estimate of drug-likeness (QED) is 0.796. The second kappa shape index (κ2) is 9.05. The largest absolute Gasteiger partial charge is 0.353 e. The number of hydrogen-bond donors (Lipinski definition) is 1. The Kier molecular flexibility index (Phi) is 6.26. The zero-order valence-corrected chi connectivity index (χ0v) is 17.2. The van der Waals surface area contributed by atoms with Crippen molar-refractivity contribution < 1.29 is 0 Å². The minimum absolute atomic E-state index is 0.0288. The van der Waals surface area contributed by atoms with E-state index in [9.17, 15) is 4.79 Å². The van der Waals surface area contributed by atoms with E-state index < -0.39 is 0 Å². The van der Waals surface area contributed by atoms with Gasteiger partial charge in [0.1, 0.15) is 0 Å². The van der Waals surface area contributed by atoms with Gasteiger partial charge in [0.05, 0.1) is 12.2 Å². The third-order valence-electron chi connectivity index (χ3n) is 5.54. The maximum absolute atomic E-state index is 12.4. The van der Waals surface area contributed by atoms with E-state index in [2.05, 4.69) is 25.3 Å². The molecule has 4 heterocycles. The first-order valence-corrected chi connectivity index (χ1v) is 11.3. The topological polar surface area (TPSA) is 75.9 Å². The number of aromatic nitrogens is 4. The van der Waals surface area contributed by atoms with Crippen molar-refractivity contribution in [1.29, 1.82) is 0 Å². The first-order valence-electron chi connectivity index (χ1n) is 10.1. The van der Waals surface area contributed by atoms with E-state index in [-0.39, 0.29) is 5.56 Å². The summed E-state index contributed by atoms with van der Waals surface area (Å²) in [5.41, 5.74) is 3.22. The van der Waals surface area contributed by atoms with E-state index >= 15 is 0 Å². The number of nitrogens with zero attached hydrogens (tertiary/aromatic N) is 5. The molecule has 1 fully saturated rings.